The van der Waals surface area contributed by atoms with Crippen molar-refractivity contribution in [3.63, 3.8) is 0 Å². The molecule has 0 unspecified atom stereocenters. The molecule has 5 nitrogen and oxygen atoms in total. The average Bonchev–Trinajstić information content (AvgIpc) is 2.89. The van der Waals surface area contributed by atoms with Gasteiger partial charge in [0.05, 0.1) is 11.2 Å². The SMILES string of the molecule is CC(C)(C)c1cc(NC(=O)COc2cccc(Cl)c2)n(C(C)(C)C)n1. The number of ether oxygens (including phenoxy) is 1. The summed E-state index contributed by atoms with van der Waals surface area (Å²) >= 11 is 5.91. The Bertz CT molecular complexity index is 755. The van der Waals surface area contributed by atoms with Crippen molar-refractivity contribution in [2.75, 3.05) is 11.9 Å². The van der Waals surface area contributed by atoms with E-state index < -0.39 is 0 Å². The highest BCUT2D eigenvalue weighted by Crippen LogP contribution is 2.28. The molecule has 0 saturated heterocycles. The molecular formula is C19H26ClN3O2. The normalized spacial score (nSPS) is 12.1. The summed E-state index contributed by atoms with van der Waals surface area (Å²) in [6.07, 6.45) is 0. The van der Waals surface area contributed by atoms with Gasteiger partial charge in [-0.25, -0.2) is 4.68 Å². The van der Waals surface area contributed by atoms with Crippen LogP contribution in [-0.2, 0) is 15.7 Å². The molecule has 0 fully saturated rings. The number of anilines is 1. The molecule has 0 radical (unpaired) electrons. The smallest absolute Gasteiger partial charge is 0.263 e. The second kappa shape index (κ2) is 7.08. The van der Waals surface area contributed by atoms with E-state index in [1.807, 2.05) is 31.5 Å². The Labute approximate surface area is 154 Å². The minimum atomic E-state index is -0.250. The van der Waals surface area contributed by atoms with Crippen molar-refractivity contribution in [2.45, 2.75) is 52.5 Å². The van der Waals surface area contributed by atoms with Crippen LogP contribution in [0.2, 0.25) is 5.02 Å². The predicted octanol–water partition coefficient (Wildman–Crippen LogP) is 4.61. The monoisotopic (exact) mass is 363 g/mol. The number of amides is 1. The third kappa shape index (κ3) is 5.23. The van der Waals surface area contributed by atoms with Gasteiger partial charge in [-0.2, -0.15) is 5.10 Å². The number of hydrogen-bond acceptors (Lipinski definition) is 3. The number of carbonyl (C=O) groups excluding carboxylic acids is 1. The Balaban J connectivity index is 2.13. The van der Waals surface area contributed by atoms with Crippen molar-refractivity contribution >= 4 is 23.3 Å². The molecule has 1 amide bonds. The van der Waals surface area contributed by atoms with Crippen LogP contribution in [0.1, 0.15) is 47.2 Å². The fourth-order valence-electron chi connectivity index (χ4n) is 2.23. The third-order valence-electron chi connectivity index (χ3n) is 3.55. The standard InChI is InChI=1S/C19H26ClN3O2/c1-18(2,3)15-11-16(23(22-15)19(4,5)6)21-17(24)12-25-14-9-7-8-13(20)10-14/h7-11H,12H2,1-6H3,(H,21,24). The van der Waals surface area contributed by atoms with E-state index in [1.165, 1.54) is 0 Å². The molecule has 0 bridgehead atoms. The second-order valence-corrected chi connectivity index (χ2v) is 8.48. The van der Waals surface area contributed by atoms with Gasteiger partial charge in [0.2, 0.25) is 0 Å². The van der Waals surface area contributed by atoms with Crippen LogP contribution in [0, 0.1) is 0 Å². The van der Waals surface area contributed by atoms with Gasteiger partial charge in [0.15, 0.2) is 6.61 Å². The molecule has 1 aromatic heterocycles. The van der Waals surface area contributed by atoms with Gasteiger partial charge in [-0.3, -0.25) is 4.79 Å². The summed E-state index contributed by atoms with van der Waals surface area (Å²) in [5.74, 6) is 0.977. The molecule has 0 spiro atoms. The maximum atomic E-state index is 12.3. The molecule has 0 atom stereocenters. The van der Waals surface area contributed by atoms with E-state index in [2.05, 4.69) is 31.2 Å². The highest BCUT2D eigenvalue weighted by Gasteiger charge is 2.25. The van der Waals surface area contributed by atoms with E-state index in [9.17, 15) is 4.79 Å². The summed E-state index contributed by atoms with van der Waals surface area (Å²) in [6, 6.07) is 8.88. The summed E-state index contributed by atoms with van der Waals surface area (Å²) in [5, 5.41) is 8.15. The molecule has 1 N–H and O–H groups in total. The third-order valence-corrected chi connectivity index (χ3v) is 3.78. The predicted molar refractivity (Wildman–Crippen MR) is 101 cm³/mol. The molecule has 2 rings (SSSR count). The molecule has 6 heteroatoms. The van der Waals surface area contributed by atoms with E-state index in [-0.39, 0.29) is 23.5 Å². The number of aromatic nitrogens is 2. The quantitative estimate of drug-likeness (QED) is 0.863. The van der Waals surface area contributed by atoms with Gasteiger partial charge in [0.1, 0.15) is 11.6 Å². The van der Waals surface area contributed by atoms with Gasteiger partial charge in [-0.05, 0) is 39.0 Å². The van der Waals surface area contributed by atoms with Gasteiger partial charge in [-0.15, -0.1) is 0 Å². The number of benzene rings is 1. The highest BCUT2D eigenvalue weighted by atomic mass is 35.5. The van der Waals surface area contributed by atoms with Crippen LogP contribution in [0.4, 0.5) is 5.82 Å². The van der Waals surface area contributed by atoms with E-state index in [0.717, 1.165) is 5.69 Å². The van der Waals surface area contributed by atoms with E-state index >= 15 is 0 Å². The molecule has 0 aliphatic rings. The van der Waals surface area contributed by atoms with Crippen LogP contribution in [0.25, 0.3) is 0 Å². The average molecular weight is 364 g/mol. The Morgan fingerprint density at radius 3 is 2.44 bits per heavy atom. The van der Waals surface area contributed by atoms with Crippen LogP contribution in [-0.4, -0.2) is 22.3 Å². The first-order valence-corrected chi connectivity index (χ1v) is 8.64. The summed E-state index contributed by atoms with van der Waals surface area (Å²) in [6.45, 7) is 12.3. The lowest BCUT2D eigenvalue weighted by Gasteiger charge is -2.23. The number of nitrogens with one attached hydrogen (secondary N) is 1. The molecule has 2 aromatic rings. The molecule has 0 aliphatic heterocycles. The van der Waals surface area contributed by atoms with Gasteiger partial charge >= 0.3 is 0 Å². The Kier molecular flexibility index (Phi) is 5.47. The summed E-state index contributed by atoms with van der Waals surface area (Å²) in [4.78, 5) is 12.3. The Hall–Kier alpha value is -2.01. The van der Waals surface area contributed by atoms with Crippen LogP contribution < -0.4 is 10.1 Å². The number of halogens is 1. The molecule has 0 aliphatic carbocycles. The number of hydrogen-bond donors (Lipinski definition) is 1. The molecule has 1 heterocycles. The van der Waals surface area contributed by atoms with Crippen LogP contribution >= 0.6 is 11.6 Å². The molecule has 25 heavy (non-hydrogen) atoms. The Morgan fingerprint density at radius 1 is 1.20 bits per heavy atom. The van der Waals surface area contributed by atoms with Crippen molar-refractivity contribution < 1.29 is 9.53 Å². The summed E-state index contributed by atoms with van der Waals surface area (Å²) in [7, 11) is 0. The summed E-state index contributed by atoms with van der Waals surface area (Å²) < 4.78 is 7.33. The molecule has 136 valence electrons. The molecule has 0 saturated carbocycles. The zero-order chi connectivity index (χ0) is 18.8. The van der Waals surface area contributed by atoms with Crippen LogP contribution in [0.5, 0.6) is 5.75 Å². The van der Waals surface area contributed by atoms with Crippen molar-refractivity contribution in [1.29, 1.82) is 0 Å². The minimum Gasteiger partial charge on any atom is -0.484 e. The topological polar surface area (TPSA) is 56.1 Å². The van der Waals surface area contributed by atoms with Gasteiger partial charge < -0.3 is 10.1 Å². The first kappa shape index (κ1) is 19.3. The minimum absolute atomic E-state index is 0.0967. The summed E-state index contributed by atoms with van der Waals surface area (Å²) in [5.41, 5.74) is 0.571. The lowest BCUT2D eigenvalue weighted by molar-refractivity contribution is -0.118. The zero-order valence-corrected chi connectivity index (χ0v) is 16.4. The van der Waals surface area contributed by atoms with Crippen LogP contribution in [0.15, 0.2) is 30.3 Å². The van der Waals surface area contributed by atoms with Gasteiger partial charge in [-0.1, -0.05) is 38.4 Å². The lowest BCUT2D eigenvalue weighted by Crippen LogP contribution is -2.28. The van der Waals surface area contributed by atoms with Gasteiger partial charge in [0.25, 0.3) is 5.91 Å². The number of nitrogens with zero attached hydrogens (tertiary/aromatic N) is 2. The maximum absolute atomic E-state index is 12.3. The van der Waals surface area contributed by atoms with Crippen molar-refractivity contribution in [3.05, 3.63) is 41.0 Å². The van der Waals surface area contributed by atoms with Crippen LogP contribution in [0.3, 0.4) is 0 Å². The van der Waals surface area contributed by atoms with E-state index in [1.54, 1.807) is 24.3 Å². The molecule has 1 aromatic carbocycles. The largest absolute Gasteiger partial charge is 0.484 e. The van der Waals surface area contributed by atoms with E-state index in [0.29, 0.717) is 16.6 Å². The zero-order valence-electron chi connectivity index (χ0n) is 15.7. The lowest BCUT2D eigenvalue weighted by atomic mass is 9.92. The fraction of sp³-hybridized carbons (Fsp3) is 0.474. The van der Waals surface area contributed by atoms with Crippen molar-refractivity contribution in [2.24, 2.45) is 0 Å². The molecular weight excluding hydrogens is 338 g/mol. The Morgan fingerprint density at radius 2 is 1.88 bits per heavy atom. The first-order valence-electron chi connectivity index (χ1n) is 8.26. The first-order chi connectivity index (χ1) is 11.5. The maximum Gasteiger partial charge on any atom is 0.263 e. The second-order valence-electron chi connectivity index (χ2n) is 8.04. The fourth-order valence-corrected chi connectivity index (χ4v) is 2.41. The number of rotatable bonds is 4. The van der Waals surface area contributed by atoms with E-state index in [4.69, 9.17) is 16.3 Å². The van der Waals surface area contributed by atoms with Crippen molar-refractivity contribution in [1.82, 2.24) is 9.78 Å². The number of carbonyl (C=O) groups is 1. The highest BCUT2D eigenvalue weighted by molar-refractivity contribution is 6.30. The van der Waals surface area contributed by atoms with Gasteiger partial charge in [0, 0.05) is 16.5 Å². The van der Waals surface area contributed by atoms with Crippen molar-refractivity contribution in [3.8, 4) is 5.75 Å².